The van der Waals surface area contributed by atoms with Crippen molar-refractivity contribution in [3.05, 3.63) is 15.1 Å². The van der Waals surface area contributed by atoms with Gasteiger partial charge in [-0.25, -0.2) is 0 Å². The molecular weight excluding hydrogens is 212 g/mol. The minimum Gasteiger partial charge on any atom is -0.384 e. The second kappa shape index (κ2) is 5.53. The van der Waals surface area contributed by atoms with Gasteiger partial charge in [0, 0.05) is 6.54 Å². The predicted octanol–water partition coefficient (Wildman–Crippen LogP) is 2.77. The Morgan fingerprint density at radius 1 is 1.43 bits per heavy atom. The first-order valence-corrected chi connectivity index (χ1v) is 5.69. The molecular formula is C10H16N2S2. The van der Waals surface area contributed by atoms with Gasteiger partial charge in [0.15, 0.2) is 0 Å². The van der Waals surface area contributed by atoms with Crippen molar-refractivity contribution in [1.29, 1.82) is 0 Å². The standard InChI is InChI=1S/C10H16N2S2/c1-3-12(2)6-4-5-11-8-7-9(13)10(8)14/h7,11H,3-6H2,1-2H3. The van der Waals surface area contributed by atoms with Crippen LogP contribution in [0.25, 0.3) is 0 Å². The van der Waals surface area contributed by atoms with Crippen LogP contribution in [0.1, 0.15) is 13.3 Å². The van der Waals surface area contributed by atoms with Gasteiger partial charge in [-0.1, -0.05) is 31.4 Å². The van der Waals surface area contributed by atoms with Gasteiger partial charge in [-0.15, -0.1) is 0 Å². The Balaban J connectivity index is 2.15. The lowest BCUT2D eigenvalue weighted by atomic mass is 10.3. The molecule has 1 N–H and O–H groups in total. The van der Waals surface area contributed by atoms with Crippen LogP contribution >= 0.6 is 24.4 Å². The van der Waals surface area contributed by atoms with Crippen LogP contribution in [0.2, 0.25) is 0 Å². The van der Waals surface area contributed by atoms with Crippen molar-refractivity contribution in [1.82, 2.24) is 4.90 Å². The molecule has 1 aromatic rings. The predicted molar refractivity (Wildman–Crippen MR) is 66.8 cm³/mol. The van der Waals surface area contributed by atoms with Crippen molar-refractivity contribution >= 4 is 30.1 Å². The molecule has 0 heterocycles. The van der Waals surface area contributed by atoms with Crippen molar-refractivity contribution in [3.8, 4) is 0 Å². The minimum atomic E-state index is 0.813. The highest BCUT2D eigenvalue weighted by molar-refractivity contribution is 7.74. The molecule has 0 aliphatic rings. The molecule has 0 aliphatic heterocycles. The number of rotatable bonds is 6. The molecule has 0 atom stereocenters. The molecule has 2 nitrogen and oxygen atoms in total. The van der Waals surface area contributed by atoms with Gasteiger partial charge in [0.2, 0.25) is 0 Å². The van der Waals surface area contributed by atoms with Crippen molar-refractivity contribution in [2.45, 2.75) is 13.3 Å². The topological polar surface area (TPSA) is 15.3 Å². The van der Waals surface area contributed by atoms with Crippen molar-refractivity contribution in [2.24, 2.45) is 0 Å². The Hall–Kier alpha value is -0.320. The van der Waals surface area contributed by atoms with E-state index in [-0.39, 0.29) is 0 Å². The van der Waals surface area contributed by atoms with Crippen LogP contribution in [-0.4, -0.2) is 31.6 Å². The monoisotopic (exact) mass is 228 g/mol. The second-order valence-electron chi connectivity index (χ2n) is 3.43. The molecule has 1 aromatic carbocycles. The van der Waals surface area contributed by atoms with Crippen LogP contribution < -0.4 is 5.32 Å². The molecule has 0 spiro atoms. The van der Waals surface area contributed by atoms with Gasteiger partial charge in [0.05, 0.1) is 14.7 Å². The summed E-state index contributed by atoms with van der Waals surface area (Å²) >= 11 is 10.0. The van der Waals surface area contributed by atoms with E-state index >= 15 is 0 Å². The van der Waals surface area contributed by atoms with Crippen LogP contribution in [0, 0.1) is 9.02 Å². The Morgan fingerprint density at radius 2 is 2.14 bits per heavy atom. The molecule has 0 fully saturated rings. The molecule has 0 saturated heterocycles. The molecule has 0 aliphatic carbocycles. The van der Waals surface area contributed by atoms with Crippen molar-refractivity contribution < 1.29 is 0 Å². The fourth-order valence-corrected chi connectivity index (χ4v) is 1.60. The third kappa shape index (κ3) is 3.12. The Bertz CT molecular complexity index is 353. The van der Waals surface area contributed by atoms with Crippen molar-refractivity contribution in [2.75, 3.05) is 32.0 Å². The summed E-state index contributed by atoms with van der Waals surface area (Å²) in [5.41, 5.74) is 1.05. The van der Waals surface area contributed by atoms with Gasteiger partial charge in [0.1, 0.15) is 0 Å². The maximum Gasteiger partial charge on any atom is 0.0790 e. The first-order chi connectivity index (χ1) is 6.65. The van der Waals surface area contributed by atoms with Crippen LogP contribution in [0.3, 0.4) is 0 Å². The number of hydrogen-bond acceptors (Lipinski definition) is 4. The van der Waals surface area contributed by atoms with E-state index in [1.54, 1.807) is 0 Å². The highest BCUT2D eigenvalue weighted by Gasteiger charge is 2.01. The summed E-state index contributed by atoms with van der Waals surface area (Å²) in [4.78, 5) is 2.29. The summed E-state index contributed by atoms with van der Waals surface area (Å²) < 4.78 is 1.64. The number of anilines is 1. The maximum atomic E-state index is 5.07. The third-order valence-electron chi connectivity index (χ3n) is 2.32. The average molecular weight is 228 g/mol. The van der Waals surface area contributed by atoms with E-state index in [0.29, 0.717) is 0 Å². The molecule has 0 saturated carbocycles. The average Bonchev–Trinajstić information content (AvgIpc) is 2.21. The Morgan fingerprint density at radius 3 is 2.64 bits per heavy atom. The zero-order valence-electron chi connectivity index (χ0n) is 8.67. The first-order valence-electron chi connectivity index (χ1n) is 4.88. The van der Waals surface area contributed by atoms with Crippen LogP contribution in [0.15, 0.2) is 6.07 Å². The zero-order valence-corrected chi connectivity index (χ0v) is 10.3. The molecule has 78 valence electrons. The smallest absolute Gasteiger partial charge is 0.0790 e. The van der Waals surface area contributed by atoms with Crippen LogP contribution in [0.4, 0.5) is 5.69 Å². The van der Waals surface area contributed by atoms with Gasteiger partial charge in [0.25, 0.3) is 0 Å². The molecule has 0 aromatic heterocycles. The molecule has 0 unspecified atom stereocenters. The van der Waals surface area contributed by atoms with E-state index in [1.165, 1.54) is 0 Å². The van der Waals surface area contributed by atoms with Crippen molar-refractivity contribution in [3.63, 3.8) is 0 Å². The summed E-state index contributed by atoms with van der Waals surface area (Å²) in [5.74, 6) is 0. The summed E-state index contributed by atoms with van der Waals surface area (Å²) in [6.45, 7) is 5.35. The maximum absolute atomic E-state index is 5.07. The van der Waals surface area contributed by atoms with E-state index < -0.39 is 0 Å². The number of nitrogens with zero attached hydrogens (tertiary/aromatic N) is 1. The van der Waals surface area contributed by atoms with Crippen LogP contribution in [0.5, 0.6) is 0 Å². The molecule has 4 heteroatoms. The molecule has 14 heavy (non-hydrogen) atoms. The molecule has 0 radical (unpaired) electrons. The fraction of sp³-hybridized carbons (Fsp3) is 0.600. The van der Waals surface area contributed by atoms with E-state index in [0.717, 1.165) is 40.8 Å². The summed E-state index contributed by atoms with van der Waals surface area (Å²) in [6.07, 6.45) is 1.14. The number of nitrogens with one attached hydrogen (secondary N) is 1. The lowest BCUT2D eigenvalue weighted by Gasteiger charge is -2.14. The largest absolute Gasteiger partial charge is 0.384 e. The normalized spacial score (nSPS) is 11.1. The Labute approximate surface area is 95.6 Å². The quantitative estimate of drug-likeness (QED) is 0.594. The molecule has 0 bridgehead atoms. The van der Waals surface area contributed by atoms with Gasteiger partial charge in [-0.3, -0.25) is 0 Å². The molecule has 0 amide bonds. The van der Waals surface area contributed by atoms with Gasteiger partial charge < -0.3 is 10.2 Å². The van der Waals surface area contributed by atoms with E-state index in [4.69, 9.17) is 24.4 Å². The lowest BCUT2D eigenvalue weighted by Crippen LogP contribution is -2.21. The van der Waals surface area contributed by atoms with E-state index in [1.807, 2.05) is 6.07 Å². The number of hydrogen-bond donors (Lipinski definition) is 1. The fourth-order valence-electron chi connectivity index (χ4n) is 1.18. The van der Waals surface area contributed by atoms with Gasteiger partial charge in [-0.2, -0.15) is 0 Å². The second-order valence-corrected chi connectivity index (χ2v) is 4.28. The summed E-state index contributed by atoms with van der Waals surface area (Å²) in [6, 6.07) is 1.93. The van der Waals surface area contributed by atoms with Gasteiger partial charge >= 0.3 is 0 Å². The highest BCUT2D eigenvalue weighted by Crippen LogP contribution is 2.16. The van der Waals surface area contributed by atoms with Gasteiger partial charge in [-0.05, 0) is 32.6 Å². The Kier molecular flexibility index (Phi) is 4.65. The summed E-state index contributed by atoms with van der Waals surface area (Å²) in [5, 5.41) is 3.28. The SMILES string of the molecule is CCN(C)CCCNc1cc(=S)c1=S. The first kappa shape index (κ1) is 11.8. The molecule has 1 rings (SSSR count). The van der Waals surface area contributed by atoms with E-state index in [9.17, 15) is 0 Å². The van der Waals surface area contributed by atoms with E-state index in [2.05, 4.69) is 24.2 Å². The van der Waals surface area contributed by atoms with Crippen LogP contribution in [-0.2, 0) is 0 Å². The summed E-state index contributed by atoms with van der Waals surface area (Å²) in [7, 11) is 2.13. The minimum absolute atomic E-state index is 0.813. The zero-order chi connectivity index (χ0) is 10.6. The highest BCUT2D eigenvalue weighted by atomic mass is 32.1. The lowest BCUT2D eigenvalue weighted by molar-refractivity contribution is 0.351. The third-order valence-corrected chi connectivity index (χ3v) is 3.21.